The minimum absolute atomic E-state index is 0.00837. The van der Waals surface area contributed by atoms with E-state index in [1.54, 1.807) is 13.8 Å². The van der Waals surface area contributed by atoms with Crippen molar-refractivity contribution < 1.29 is 23.8 Å². The molecule has 2 aliphatic heterocycles. The molecule has 96 valence electrons. The first-order valence-electron chi connectivity index (χ1n) is 6.06. The maximum absolute atomic E-state index is 11.2. The van der Waals surface area contributed by atoms with Gasteiger partial charge in [-0.05, 0) is 26.7 Å². The standard InChI is InChI=1S/C12H18O5/c1-7(2)16-12(14)15-6-9-8(5-13)10-3-4-11(9)17-10/h5,7-11H,3-4,6H2,1-2H3/t8-,9-,10+,11-/m1/s1. The summed E-state index contributed by atoms with van der Waals surface area (Å²) in [4.78, 5) is 22.2. The number of hydrogen-bond donors (Lipinski definition) is 0. The van der Waals surface area contributed by atoms with Crippen LogP contribution >= 0.6 is 0 Å². The summed E-state index contributed by atoms with van der Waals surface area (Å²) in [6.07, 6.45) is 2.01. The van der Waals surface area contributed by atoms with Crippen LogP contribution < -0.4 is 0 Å². The number of hydrogen-bond acceptors (Lipinski definition) is 5. The highest BCUT2D eigenvalue weighted by Crippen LogP contribution is 2.42. The predicted molar refractivity (Wildman–Crippen MR) is 58.5 cm³/mol. The Morgan fingerprint density at radius 3 is 2.76 bits per heavy atom. The average molecular weight is 242 g/mol. The third kappa shape index (κ3) is 2.60. The molecule has 0 saturated carbocycles. The molecule has 0 spiro atoms. The molecule has 4 atom stereocenters. The molecule has 0 aromatic heterocycles. The minimum atomic E-state index is -0.674. The highest BCUT2D eigenvalue weighted by Gasteiger charge is 2.49. The number of carbonyl (C=O) groups excluding carboxylic acids is 2. The number of carbonyl (C=O) groups is 2. The SMILES string of the molecule is CC(C)OC(=O)OC[C@@H]1[C@@H](C=O)[C@@H]2CC[C@H]1O2. The van der Waals surface area contributed by atoms with E-state index in [1.165, 1.54) is 0 Å². The highest BCUT2D eigenvalue weighted by atomic mass is 16.7. The predicted octanol–water partition coefficient (Wildman–Crippen LogP) is 1.54. The molecule has 2 fully saturated rings. The van der Waals surface area contributed by atoms with Crippen LogP contribution in [-0.2, 0) is 19.0 Å². The Labute approximate surface area is 100 Å². The lowest BCUT2D eigenvalue weighted by Gasteiger charge is -2.23. The molecular weight excluding hydrogens is 224 g/mol. The second kappa shape index (κ2) is 5.04. The second-order valence-electron chi connectivity index (χ2n) is 4.90. The molecule has 2 bridgehead atoms. The van der Waals surface area contributed by atoms with Crippen molar-refractivity contribution in [3.8, 4) is 0 Å². The smallest absolute Gasteiger partial charge is 0.434 e. The van der Waals surface area contributed by atoms with Crippen LogP contribution in [-0.4, -0.2) is 37.4 Å². The zero-order valence-electron chi connectivity index (χ0n) is 10.1. The molecule has 2 saturated heterocycles. The van der Waals surface area contributed by atoms with Crippen LogP contribution in [0.3, 0.4) is 0 Å². The Bertz CT molecular complexity index is 301. The molecule has 5 nitrogen and oxygen atoms in total. The van der Waals surface area contributed by atoms with E-state index in [2.05, 4.69) is 0 Å². The summed E-state index contributed by atoms with van der Waals surface area (Å²) in [5.74, 6) is -0.147. The van der Waals surface area contributed by atoms with Crippen molar-refractivity contribution in [1.29, 1.82) is 0 Å². The lowest BCUT2D eigenvalue weighted by molar-refractivity contribution is -0.114. The van der Waals surface area contributed by atoms with Crippen LogP contribution in [0.1, 0.15) is 26.7 Å². The molecule has 5 heteroatoms. The van der Waals surface area contributed by atoms with Crippen LogP contribution in [0.2, 0.25) is 0 Å². The summed E-state index contributed by atoms with van der Waals surface area (Å²) in [5.41, 5.74) is 0. The van der Waals surface area contributed by atoms with Gasteiger partial charge in [0.2, 0.25) is 0 Å². The van der Waals surface area contributed by atoms with Gasteiger partial charge in [0.1, 0.15) is 12.9 Å². The minimum Gasteiger partial charge on any atom is -0.434 e. The van der Waals surface area contributed by atoms with Gasteiger partial charge >= 0.3 is 6.16 Å². The van der Waals surface area contributed by atoms with Gasteiger partial charge in [0.05, 0.1) is 18.3 Å². The number of fused-ring (bicyclic) bond motifs is 2. The van der Waals surface area contributed by atoms with E-state index in [-0.39, 0.29) is 36.8 Å². The number of ether oxygens (including phenoxy) is 3. The van der Waals surface area contributed by atoms with Crippen LogP contribution in [0.25, 0.3) is 0 Å². The first-order chi connectivity index (χ1) is 8.11. The topological polar surface area (TPSA) is 61.8 Å². The van der Waals surface area contributed by atoms with Gasteiger partial charge in [-0.2, -0.15) is 0 Å². The molecule has 0 aromatic carbocycles. The van der Waals surface area contributed by atoms with Gasteiger partial charge in [-0.1, -0.05) is 0 Å². The molecule has 0 aromatic rings. The summed E-state index contributed by atoms with van der Waals surface area (Å²) in [5, 5.41) is 0. The van der Waals surface area contributed by atoms with Gasteiger partial charge in [-0.25, -0.2) is 4.79 Å². The molecule has 2 aliphatic rings. The Hall–Kier alpha value is -1.10. The molecule has 0 unspecified atom stereocenters. The first kappa shape index (κ1) is 12.4. The zero-order valence-corrected chi connectivity index (χ0v) is 10.1. The first-order valence-corrected chi connectivity index (χ1v) is 6.06. The van der Waals surface area contributed by atoms with Crippen LogP contribution in [0, 0.1) is 11.8 Å². The van der Waals surface area contributed by atoms with E-state index in [0.29, 0.717) is 0 Å². The fourth-order valence-corrected chi connectivity index (χ4v) is 2.61. The fourth-order valence-electron chi connectivity index (χ4n) is 2.61. The van der Waals surface area contributed by atoms with Crippen molar-refractivity contribution in [2.45, 2.75) is 45.0 Å². The van der Waals surface area contributed by atoms with Gasteiger partial charge < -0.3 is 19.0 Å². The highest BCUT2D eigenvalue weighted by molar-refractivity contribution is 5.60. The van der Waals surface area contributed by atoms with Crippen molar-refractivity contribution in [2.75, 3.05) is 6.61 Å². The van der Waals surface area contributed by atoms with E-state index in [1.807, 2.05) is 0 Å². The van der Waals surface area contributed by atoms with E-state index in [0.717, 1.165) is 19.1 Å². The van der Waals surface area contributed by atoms with Crippen molar-refractivity contribution in [2.24, 2.45) is 11.8 Å². The molecule has 2 heterocycles. The maximum atomic E-state index is 11.2. The molecule has 0 amide bonds. The average Bonchev–Trinajstić information content (AvgIpc) is 2.84. The molecule has 17 heavy (non-hydrogen) atoms. The number of aldehydes is 1. The summed E-state index contributed by atoms with van der Waals surface area (Å²) < 4.78 is 15.5. The van der Waals surface area contributed by atoms with Crippen molar-refractivity contribution >= 4 is 12.4 Å². The van der Waals surface area contributed by atoms with Gasteiger partial charge in [0.15, 0.2) is 0 Å². The molecule has 0 aliphatic carbocycles. The van der Waals surface area contributed by atoms with E-state index in [9.17, 15) is 9.59 Å². The van der Waals surface area contributed by atoms with Crippen molar-refractivity contribution in [3.05, 3.63) is 0 Å². The largest absolute Gasteiger partial charge is 0.508 e. The summed E-state index contributed by atoms with van der Waals surface area (Å²) in [7, 11) is 0. The molecule has 2 rings (SSSR count). The monoisotopic (exact) mass is 242 g/mol. The fraction of sp³-hybridized carbons (Fsp3) is 0.833. The lowest BCUT2D eigenvalue weighted by atomic mass is 9.81. The summed E-state index contributed by atoms with van der Waals surface area (Å²) in [6.45, 7) is 3.72. The summed E-state index contributed by atoms with van der Waals surface area (Å²) >= 11 is 0. The van der Waals surface area contributed by atoms with E-state index in [4.69, 9.17) is 14.2 Å². The lowest BCUT2D eigenvalue weighted by Crippen LogP contribution is -2.32. The number of rotatable bonds is 4. The van der Waals surface area contributed by atoms with Gasteiger partial charge in [-0.15, -0.1) is 0 Å². The van der Waals surface area contributed by atoms with Gasteiger partial charge in [0.25, 0.3) is 0 Å². The molecule has 0 N–H and O–H groups in total. The van der Waals surface area contributed by atoms with Crippen LogP contribution in [0.4, 0.5) is 4.79 Å². The normalized spacial score (nSPS) is 35.0. The van der Waals surface area contributed by atoms with Crippen LogP contribution in [0.15, 0.2) is 0 Å². The molecular formula is C12H18O5. The van der Waals surface area contributed by atoms with Crippen molar-refractivity contribution in [1.82, 2.24) is 0 Å². The van der Waals surface area contributed by atoms with Gasteiger partial charge in [-0.3, -0.25) is 0 Å². The van der Waals surface area contributed by atoms with E-state index >= 15 is 0 Å². The molecule has 0 radical (unpaired) electrons. The second-order valence-corrected chi connectivity index (χ2v) is 4.90. The van der Waals surface area contributed by atoms with E-state index < -0.39 is 6.16 Å². The Morgan fingerprint density at radius 1 is 1.41 bits per heavy atom. The summed E-state index contributed by atoms with van der Waals surface area (Å²) in [6, 6.07) is 0. The van der Waals surface area contributed by atoms with Crippen molar-refractivity contribution in [3.63, 3.8) is 0 Å². The Morgan fingerprint density at radius 2 is 2.12 bits per heavy atom. The Kier molecular flexibility index (Phi) is 3.66. The van der Waals surface area contributed by atoms with Crippen LogP contribution in [0.5, 0.6) is 0 Å². The quantitative estimate of drug-likeness (QED) is 0.552. The Balaban J connectivity index is 1.82. The zero-order chi connectivity index (χ0) is 12.4. The van der Waals surface area contributed by atoms with Gasteiger partial charge in [0, 0.05) is 11.8 Å². The third-order valence-corrected chi connectivity index (χ3v) is 3.37. The maximum Gasteiger partial charge on any atom is 0.508 e. The third-order valence-electron chi connectivity index (χ3n) is 3.37.